The molecule has 0 bridgehead atoms. The maximum atomic E-state index is 5.73. The zero-order valence-electron chi connectivity index (χ0n) is 19.2. The van der Waals surface area contributed by atoms with Gasteiger partial charge in [-0.05, 0) is 90.2 Å². The van der Waals surface area contributed by atoms with E-state index in [2.05, 4.69) is 41.6 Å². The van der Waals surface area contributed by atoms with Crippen LogP contribution in [0.3, 0.4) is 0 Å². The summed E-state index contributed by atoms with van der Waals surface area (Å²) in [5.74, 6) is 3.37. The third-order valence-electron chi connectivity index (χ3n) is 5.30. The number of piperidine rings is 1. The molecule has 1 heterocycles. The molecule has 0 atom stereocenters. The zero-order chi connectivity index (χ0) is 20.9. The Labute approximate surface area is 200 Å². The first-order chi connectivity index (χ1) is 14.2. The lowest BCUT2D eigenvalue weighted by Crippen LogP contribution is -2.38. The molecule has 172 valence electrons. The van der Waals surface area contributed by atoms with Crippen molar-refractivity contribution >= 4 is 29.9 Å². The van der Waals surface area contributed by atoms with Crippen LogP contribution in [0.4, 0.5) is 0 Å². The number of benzene rings is 1. The molecule has 1 saturated heterocycles. The average Bonchev–Trinajstić information content (AvgIpc) is 2.71. The number of aliphatic imine (C=N–C) groups is 1. The molecular formula is C23H41IN4O2. The molecule has 0 unspecified atom stereocenters. The number of nitrogens with one attached hydrogen (secondary N) is 2. The molecule has 1 aliphatic rings. The molecule has 1 fully saturated rings. The van der Waals surface area contributed by atoms with Gasteiger partial charge in [0.15, 0.2) is 17.5 Å². The predicted octanol–water partition coefficient (Wildman–Crippen LogP) is 3.93. The maximum absolute atomic E-state index is 5.73. The highest BCUT2D eigenvalue weighted by molar-refractivity contribution is 14.0. The van der Waals surface area contributed by atoms with Crippen LogP contribution >= 0.6 is 24.0 Å². The highest BCUT2D eigenvalue weighted by Gasteiger charge is 2.16. The van der Waals surface area contributed by atoms with Crippen LogP contribution in [0.5, 0.6) is 11.5 Å². The second kappa shape index (κ2) is 15.6. The Bertz CT molecular complexity index is 619. The molecule has 7 heteroatoms. The number of likely N-dealkylation sites (tertiary alicyclic amines) is 1. The second-order valence-electron chi connectivity index (χ2n) is 7.62. The van der Waals surface area contributed by atoms with Gasteiger partial charge in [-0.25, -0.2) is 0 Å². The van der Waals surface area contributed by atoms with Gasteiger partial charge in [0.2, 0.25) is 0 Å². The lowest BCUT2D eigenvalue weighted by atomic mass is 9.94. The van der Waals surface area contributed by atoms with Gasteiger partial charge >= 0.3 is 0 Å². The monoisotopic (exact) mass is 532 g/mol. The predicted molar refractivity (Wildman–Crippen MR) is 137 cm³/mol. The van der Waals surface area contributed by atoms with Crippen molar-refractivity contribution in [2.75, 3.05) is 53.0 Å². The van der Waals surface area contributed by atoms with Crippen molar-refractivity contribution in [1.82, 2.24) is 15.5 Å². The van der Waals surface area contributed by atoms with Gasteiger partial charge in [0.25, 0.3) is 0 Å². The molecule has 6 nitrogen and oxygen atoms in total. The highest BCUT2D eigenvalue weighted by atomic mass is 127. The number of halogens is 1. The fourth-order valence-corrected chi connectivity index (χ4v) is 3.63. The standard InChI is InChI=1S/C23H40N4O2.HI/c1-5-24-23(25-14-10-19-12-16-27(4)17-13-19)26-15-11-20-8-9-21(28-6-2)22(18-20)29-7-3;/h8-9,18-19H,5-7,10-17H2,1-4H3,(H2,24,25,26);1H. The summed E-state index contributed by atoms with van der Waals surface area (Å²) >= 11 is 0. The smallest absolute Gasteiger partial charge is 0.191 e. The van der Waals surface area contributed by atoms with E-state index in [1.165, 1.54) is 37.9 Å². The van der Waals surface area contributed by atoms with E-state index < -0.39 is 0 Å². The molecule has 1 aromatic carbocycles. The van der Waals surface area contributed by atoms with E-state index in [9.17, 15) is 0 Å². The Morgan fingerprint density at radius 1 is 1.07 bits per heavy atom. The van der Waals surface area contributed by atoms with E-state index in [-0.39, 0.29) is 24.0 Å². The van der Waals surface area contributed by atoms with Crippen LogP contribution in [0.1, 0.15) is 45.6 Å². The minimum absolute atomic E-state index is 0. The van der Waals surface area contributed by atoms with E-state index in [0.717, 1.165) is 49.4 Å². The molecule has 0 saturated carbocycles. The van der Waals surface area contributed by atoms with Crippen LogP contribution in [-0.2, 0) is 6.42 Å². The Balaban J connectivity index is 0.00000450. The van der Waals surface area contributed by atoms with Crippen molar-refractivity contribution in [3.8, 4) is 11.5 Å². The first kappa shape index (κ1) is 26.8. The summed E-state index contributed by atoms with van der Waals surface area (Å²) in [5.41, 5.74) is 1.23. The second-order valence-corrected chi connectivity index (χ2v) is 7.62. The van der Waals surface area contributed by atoms with E-state index in [4.69, 9.17) is 14.5 Å². The van der Waals surface area contributed by atoms with Gasteiger partial charge in [-0.3, -0.25) is 4.99 Å². The van der Waals surface area contributed by atoms with Crippen LogP contribution in [0.25, 0.3) is 0 Å². The number of guanidine groups is 1. The minimum Gasteiger partial charge on any atom is -0.490 e. The van der Waals surface area contributed by atoms with Crippen LogP contribution in [0.15, 0.2) is 23.2 Å². The van der Waals surface area contributed by atoms with E-state index in [0.29, 0.717) is 13.2 Å². The first-order valence-corrected chi connectivity index (χ1v) is 11.2. The normalized spacial score (nSPS) is 15.4. The Hall–Kier alpha value is -1.22. The van der Waals surface area contributed by atoms with Crippen molar-refractivity contribution < 1.29 is 9.47 Å². The largest absolute Gasteiger partial charge is 0.490 e. The van der Waals surface area contributed by atoms with Gasteiger partial charge in [0.1, 0.15) is 0 Å². The van der Waals surface area contributed by atoms with Gasteiger partial charge in [0.05, 0.1) is 13.2 Å². The molecule has 0 spiro atoms. The lowest BCUT2D eigenvalue weighted by molar-refractivity contribution is 0.214. The van der Waals surface area contributed by atoms with Crippen molar-refractivity contribution in [2.24, 2.45) is 10.9 Å². The Morgan fingerprint density at radius 2 is 1.77 bits per heavy atom. The number of rotatable bonds is 11. The quantitative estimate of drug-likeness (QED) is 0.257. The fourth-order valence-electron chi connectivity index (χ4n) is 3.63. The molecular weight excluding hydrogens is 491 g/mol. The lowest BCUT2D eigenvalue weighted by Gasteiger charge is -2.28. The SMILES string of the molecule is CCNC(=NCCC1CCN(C)CC1)NCCc1ccc(OCC)c(OCC)c1.I. The van der Waals surface area contributed by atoms with Crippen LogP contribution in [-0.4, -0.2) is 63.8 Å². The van der Waals surface area contributed by atoms with E-state index in [1.807, 2.05) is 19.9 Å². The fraction of sp³-hybridized carbons (Fsp3) is 0.696. The molecule has 1 aromatic rings. The van der Waals surface area contributed by atoms with Crippen molar-refractivity contribution in [2.45, 2.75) is 46.5 Å². The summed E-state index contributed by atoms with van der Waals surface area (Å²) in [6, 6.07) is 6.20. The topological polar surface area (TPSA) is 58.1 Å². The van der Waals surface area contributed by atoms with Crippen LogP contribution in [0, 0.1) is 5.92 Å². The van der Waals surface area contributed by atoms with E-state index >= 15 is 0 Å². The molecule has 0 radical (unpaired) electrons. The van der Waals surface area contributed by atoms with Gasteiger partial charge in [-0.15, -0.1) is 24.0 Å². The van der Waals surface area contributed by atoms with Gasteiger partial charge < -0.3 is 25.0 Å². The minimum atomic E-state index is 0. The highest BCUT2D eigenvalue weighted by Crippen LogP contribution is 2.28. The van der Waals surface area contributed by atoms with Crippen molar-refractivity contribution in [3.05, 3.63) is 23.8 Å². The molecule has 30 heavy (non-hydrogen) atoms. The summed E-state index contributed by atoms with van der Waals surface area (Å²) in [6.45, 7) is 12.4. The molecule has 0 aliphatic carbocycles. The molecule has 0 amide bonds. The molecule has 0 aromatic heterocycles. The van der Waals surface area contributed by atoms with Gasteiger partial charge in [0, 0.05) is 19.6 Å². The van der Waals surface area contributed by atoms with Gasteiger partial charge in [-0.1, -0.05) is 6.07 Å². The number of ether oxygens (including phenoxy) is 2. The van der Waals surface area contributed by atoms with Crippen LogP contribution in [0.2, 0.25) is 0 Å². The van der Waals surface area contributed by atoms with Crippen molar-refractivity contribution in [3.63, 3.8) is 0 Å². The molecule has 2 N–H and O–H groups in total. The maximum Gasteiger partial charge on any atom is 0.191 e. The molecule has 1 aliphatic heterocycles. The number of hydrogen-bond acceptors (Lipinski definition) is 4. The van der Waals surface area contributed by atoms with Crippen molar-refractivity contribution in [1.29, 1.82) is 0 Å². The summed E-state index contributed by atoms with van der Waals surface area (Å²) in [7, 11) is 2.21. The van der Waals surface area contributed by atoms with Gasteiger partial charge in [-0.2, -0.15) is 0 Å². The number of hydrogen-bond donors (Lipinski definition) is 2. The first-order valence-electron chi connectivity index (χ1n) is 11.2. The van der Waals surface area contributed by atoms with Crippen LogP contribution < -0.4 is 20.1 Å². The summed E-state index contributed by atoms with van der Waals surface area (Å²) in [6.07, 6.45) is 4.69. The Kier molecular flexibility index (Phi) is 13.9. The molecule has 2 rings (SSSR count). The zero-order valence-corrected chi connectivity index (χ0v) is 21.5. The third-order valence-corrected chi connectivity index (χ3v) is 5.30. The number of nitrogens with zero attached hydrogens (tertiary/aromatic N) is 2. The third kappa shape index (κ3) is 9.73. The Morgan fingerprint density at radius 3 is 2.43 bits per heavy atom. The van der Waals surface area contributed by atoms with E-state index in [1.54, 1.807) is 0 Å². The average molecular weight is 533 g/mol. The summed E-state index contributed by atoms with van der Waals surface area (Å²) in [5, 5.41) is 6.82. The summed E-state index contributed by atoms with van der Waals surface area (Å²) < 4.78 is 11.4. The summed E-state index contributed by atoms with van der Waals surface area (Å²) in [4.78, 5) is 7.20.